The van der Waals surface area contributed by atoms with Crippen LogP contribution < -0.4 is 69.6 Å². The fourth-order valence-corrected chi connectivity index (χ4v) is 15.8. The number of ether oxygens (including phenoxy) is 2. The molecule has 42 nitrogen and oxygen atoms in total. The Kier molecular flexibility index (Phi) is 39.1. The monoisotopic (exact) mass is 2150 g/mol. The summed E-state index contributed by atoms with van der Waals surface area (Å²) < 4.78 is 42.3. The lowest BCUT2D eigenvalue weighted by atomic mass is 9.84. The van der Waals surface area contributed by atoms with Crippen molar-refractivity contribution in [3.05, 3.63) is 337 Å². The first-order valence-electron chi connectivity index (χ1n) is 45.1. The van der Waals surface area contributed by atoms with Gasteiger partial charge in [-0.3, -0.25) is 33.2 Å². The number of carbonyl (C=O) groups is 2. The largest absolute Gasteiger partial charge is 0.444 e. The average Bonchev–Trinajstić information content (AvgIpc) is 0.793. The molecule has 5 aliphatic heterocycles. The summed E-state index contributed by atoms with van der Waals surface area (Å²) in [6, 6.07) is 40.7. The summed E-state index contributed by atoms with van der Waals surface area (Å²) in [6.07, 6.45) is 8.02. The van der Waals surface area contributed by atoms with Gasteiger partial charge in [0.15, 0.2) is 0 Å². The zero-order chi connectivity index (χ0) is 104. The smallest absolute Gasteiger partial charge is 0.410 e. The maximum absolute atomic E-state index is 13.0. The van der Waals surface area contributed by atoms with Crippen LogP contribution >= 0.6 is 92.8 Å². The van der Waals surface area contributed by atoms with Crippen molar-refractivity contribution >= 4 is 135 Å². The van der Waals surface area contributed by atoms with E-state index in [0.717, 1.165) is 48.4 Å². The number of nitrogens with one attached hydrogen (secondary N) is 4. The second-order valence-electron chi connectivity index (χ2n) is 35.0. The van der Waals surface area contributed by atoms with Gasteiger partial charge < -0.3 is 59.3 Å². The van der Waals surface area contributed by atoms with Crippen LogP contribution in [0.5, 0.6) is 0 Å². The fraction of sp³-hybridized carbons (Fsp3) is 0.366. The number of rotatable bonds is 15. The third-order valence-electron chi connectivity index (χ3n) is 22.2. The number of carbonyl (C=O) groups excluding carboxylic acids is 2. The third-order valence-corrected chi connectivity index (χ3v) is 23.9. The number of hydrogen-bond acceptors (Lipinski definition) is 33. The van der Waals surface area contributed by atoms with Crippen LogP contribution in [0.25, 0.3) is 0 Å². The number of halogens is 10. The maximum atomic E-state index is 13.0. The van der Waals surface area contributed by atoms with E-state index in [2.05, 4.69) is 90.0 Å². The standard InChI is InChI=1S/C19H24ClN5O3.C14H13Cl2FN4O.C14H14ClFN4O2.C14H16ClN5O.C12H19N5O3.C10H7Cl2N3O.C10H8ClN3O2/c1-19(2,3)28-18(27)24-10-8-23(9-11-24)16-21-13-25(17(26)22-16)12-14-4-6-15(20)7-5-14;15-11-18-12(16)20-13(19-11)21-7-5-14(22,6-8-21)9-1-3-10(17)4-2-9;15-11-17-12(19-13(21)18-11)20-7-5-14(22,6-8-20)9-1-3-10(16)4-2-9;15-12-3-1-11(2-4-12)9-20-10-17-13(18-14(20)21)19-7-5-16-6-8-19;1-12(2,3)20-11(19)17-6-4-16(5-7-17)9-13-8-14-10(18)15-9;11-8-3-1-7(2-4-8)5-15-6-13-9(12)14-10(15)16;11-8-3-1-7(2-4-8)5-14-6-12-9(15)13-10(14)16/h4-7,13H,8-12H2,1-3H3;1-4,22H,5-8H2;1-4,22H,5-8H2,(H,17,18,19,21);1-4,10,16H,5-9H2;8H,4-7H2,1-3H3,(H,13,14,15,18);1-4,6H,5H2;1-4,6H,5H2,(H,13,15,16). The molecule has 145 heavy (non-hydrogen) atoms. The topological polar surface area (TPSA) is 495 Å². The van der Waals surface area contributed by atoms with E-state index in [1.807, 2.05) is 97.5 Å². The van der Waals surface area contributed by atoms with Crippen LogP contribution in [0.3, 0.4) is 0 Å². The van der Waals surface area contributed by atoms with Gasteiger partial charge in [0.05, 0.1) is 37.4 Å². The predicted octanol–water partition coefficient (Wildman–Crippen LogP) is 10.2. The molecule has 13 aromatic rings. The molecule has 52 heteroatoms. The van der Waals surface area contributed by atoms with E-state index in [1.165, 1.54) is 67.8 Å². The Hall–Kier alpha value is -13.4. The maximum Gasteiger partial charge on any atom is 0.410 e. The molecule has 5 saturated heterocycles. The minimum atomic E-state index is -1.02. The molecule has 7 aromatic heterocycles. The van der Waals surface area contributed by atoms with Crippen LogP contribution in [-0.2, 0) is 46.9 Å². The van der Waals surface area contributed by atoms with Gasteiger partial charge in [0.2, 0.25) is 50.9 Å². The number of hydrogen-bond donors (Lipinski definition) is 6. The summed E-state index contributed by atoms with van der Waals surface area (Å²) in [5, 5.41) is 27.4. The molecule has 766 valence electrons. The Morgan fingerprint density at radius 1 is 0.352 bits per heavy atom. The number of aliphatic hydroxyl groups is 2. The van der Waals surface area contributed by atoms with E-state index >= 15 is 0 Å². The van der Waals surface area contributed by atoms with Crippen LogP contribution in [0.1, 0.15) is 101 Å². The van der Waals surface area contributed by atoms with Crippen molar-refractivity contribution in [1.82, 2.24) is 118 Å². The Morgan fingerprint density at radius 3 is 1.08 bits per heavy atom. The Balaban J connectivity index is 0.000000152. The number of nitrogens with zero attached hydrogens (tertiary/aromatic N) is 25. The normalized spacial score (nSPS) is 14.9. The molecular formula is C93H101Cl8F2N29O13. The number of H-pyrrole nitrogens is 3. The quantitative estimate of drug-likeness (QED) is 0.0555. The minimum absolute atomic E-state index is 0.0191. The second kappa shape index (κ2) is 51.4. The highest BCUT2D eigenvalue weighted by Crippen LogP contribution is 2.36. The molecule has 6 N–H and O–H groups in total. The Morgan fingerprint density at radius 2 is 0.703 bits per heavy atom. The van der Waals surface area contributed by atoms with Crippen molar-refractivity contribution in [2.45, 2.75) is 116 Å². The fourth-order valence-electron chi connectivity index (χ4n) is 14.7. The summed E-state index contributed by atoms with van der Waals surface area (Å²) in [6.45, 7) is 22.3. The molecule has 0 spiro atoms. The number of benzene rings is 6. The number of anilines is 5. The lowest BCUT2D eigenvalue weighted by Gasteiger charge is -2.38. The van der Waals surface area contributed by atoms with Gasteiger partial charge in [0.1, 0.15) is 54.5 Å². The number of piperazine rings is 3. The Bertz CT molecular complexity index is 6920. The molecule has 0 saturated carbocycles. The molecule has 12 heterocycles. The third kappa shape index (κ3) is 34.4. The molecule has 5 aliphatic rings. The lowest BCUT2D eigenvalue weighted by molar-refractivity contribution is 0.0111. The van der Waals surface area contributed by atoms with Gasteiger partial charge in [-0.15, -0.1) is 0 Å². The summed E-state index contributed by atoms with van der Waals surface area (Å²) >= 11 is 46.0. The zero-order valence-corrected chi connectivity index (χ0v) is 85.1. The van der Waals surface area contributed by atoms with Gasteiger partial charge in [-0.2, -0.15) is 49.8 Å². The highest BCUT2D eigenvalue weighted by molar-refractivity contribution is 6.32. The molecule has 0 aliphatic carbocycles. The molecule has 0 radical (unpaired) electrons. The summed E-state index contributed by atoms with van der Waals surface area (Å²) in [7, 11) is 0. The van der Waals surface area contributed by atoms with Gasteiger partial charge >= 0.3 is 52.0 Å². The zero-order valence-electron chi connectivity index (χ0n) is 79.1. The van der Waals surface area contributed by atoms with E-state index in [-0.39, 0.29) is 62.3 Å². The van der Waals surface area contributed by atoms with Crippen molar-refractivity contribution in [3.8, 4) is 0 Å². The molecular weight excluding hydrogens is 2050 g/mol. The molecule has 0 bridgehead atoms. The average molecular weight is 2150 g/mol. The van der Waals surface area contributed by atoms with Gasteiger partial charge in [-0.05, 0) is 220 Å². The van der Waals surface area contributed by atoms with E-state index in [9.17, 15) is 62.1 Å². The highest BCUT2D eigenvalue weighted by Gasteiger charge is 2.38. The van der Waals surface area contributed by atoms with Gasteiger partial charge in [0.25, 0.3) is 0 Å². The second-order valence-corrected chi connectivity index (χ2v) is 38.1. The van der Waals surface area contributed by atoms with Crippen LogP contribution in [0.4, 0.5) is 48.1 Å². The van der Waals surface area contributed by atoms with E-state index < -0.39 is 50.9 Å². The number of piperidine rings is 2. The summed E-state index contributed by atoms with van der Waals surface area (Å²) in [4.78, 5) is 179. The van der Waals surface area contributed by atoms with E-state index in [4.69, 9.17) is 102 Å². The van der Waals surface area contributed by atoms with Crippen molar-refractivity contribution in [2.75, 3.05) is 129 Å². The first-order valence-corrected chi connectivity index (χ1v) is 48.1. The summed E-state index contributed by atoms with van der Waals surface area (Å²) in [5.41, 5.74) is -1.03. The van der Waals surface area contributed by atoms with Crippen molar-refractivity contribution in [1.29, 1.82) is 0 Å². The molecule has 18 rings (SSSR count). The molecule has 0 atom stereocenters. The molecule has 6 aromatic carbocycles. The number of aromatic amines is 3. The molecule has 0 unspecified atom stereocenters. The van der Waals surface area contributed by atoms with Crippen molar-refractivity contribution < 1.29 is 38.1 Å². The predicted molar refractivity (Wildman–Crippen MR) is 544 cm³/mol. The van der Waals surface area contributed by atoms with Crippen molar-refractivity contribution in [2.24, 2.45) is 0 Å². The first-order chi connectivity index (χ1) is 69.0. The number of amides is 2. The van der Waals surface area contributed by atoms with Crippen molar-refractivity contribution in [3.63, 3.8) is 0 Å². The van der Waals surface area contributed by atoms with Gasteiger partial charge in [-0.25, -0.2) is 71.9 Å². The van der Waals surface area contributed by atoms with E-state index in [0.29, 0.717) is 185 Å². The first kappa shape index (κ1) is 110. The number of aromatic nitrogens is 21. The highest BCUT2D eigenvalue weighted by atomic mass is 35.5. The lowest BCUT2D eigenvalue weighted by Crippen LogP contribution is -2.50. The minimum Gasteiger partial charge on any atom is -0.444 e. The SMILES string of the molecule is CC(C)(C)OC(=O)N1CCN(c2ncn(Cc3ccc(Cl)cc3)c(=O)n2)CC1.CC(C)(C)OC(=O)N1CCN(c2ncnc(=O)[nH]2)CC1.O=c1nc(Cl)ncn1Cc1ccc(Cl)cc1.O=c1nc(N2CCC(O)(c3ccc(F)cc3)CC2)nc(Cl)[nH]1.O=c1nc(N2CCNCC2)ncn1Cc1ccc(Cl)cc1.O=c1ncn(Cc2ccc(Cl)cc2)c(=O)[nH]1.OC1(c2ccc(F)cc2)CCN(c2nc(Cl)nc(Cl)n2)CC1. The van der Waals surface area contributed by atoms with Crippen LogP contribution in [0.15, 0.2) is 211 Å². The van der Waals surface area contributed by atoms with Crippen LogP contribution in [0, 0.1) is 11.6 Å². The molecule has 2 amide bonds. The summed E-state index contributed by atoms with van der Waals surface area (Å²) in [5.74, 6) is 1.35. The van der Waals surface area contributed by atoms with Gasteiger partial charge in [0, 0.05) is 125 Å². The molecule has 5 fully saturated rings. The van der Waals surface area contributed by atoms with Crippen LogP contribution in [0.2, 0.25) is 41.2 Å². The van der Waals surface area contributed by atoms with E-state index in [1.54, 1.807) is 106 Å². The van der Waals surface area contributed by atoms with Crippen LogP contribution in [-0.4, -0.2) is 251 Å². The Labute approximate surface area is 867 Å². The van der Waals surface area contributed by atoms with Gasteiger partial charge in [-0.1, -0.05) is 119 Å².